The fourth-order valence-electron chi connectivity index (χ4n) is 1.64. The van der Waals surface area contributed by atoms with Gasteiger partial charge in [-0.25, -0.2) is 0 Å². The van der Waals surface area contributed by atoms with Gasteiger partial charge < -0.3 is 0 Å². The number of carbonyl (C=O) groups is 1. The minimum atomic E-state index is 0.176. The molecule has 0 aliphatic heterocycles. The van der Waals surface area contributed by atoms with Gasteiger partial charge in [0, 0.05) is 16.1 Å². The summed E-state index contributed by atoms with van der Waals surface area (Å²) in [5, 5.41) is 0. The normalized spacial score (nSPS) is 12.7. The Bertz CT molecular complexity index is 397. The number of rotatable bonds is 7. The van der Waals surface area contributed by atoms with Crippen molar-refractivity contribution >= 4 is 33.5 Å². The maximum atomic E-state index is 12.1. The summed E-state index contributed by atoms with van der Waals surface area (Å²) in [6.07, 6.45) is 3.22. The van der Waals surface area contributed by atoms with E-state index in [9.17, 15) is 4.79 Å². The highest BCUT2D eigenvalue weighted by Gasteiger charge is 2.14. The lowest BCUT2D eigenvalue weighted by Gasteiger charge is -2.23. The molecular weight excluding hydrogens is 310 g/mol. The van der Waals surface area contributed by atoms with Crippen LogP contribution >= 0.6 is 27.7 Å². The predicted molar refractivity (Wildman–Crippen MR) is 83.6 cm³/mol. The van der Waals surface area contributed by atoms with Crippen molar-refractivity contribution in [2.45, 2.75) is 19.4 Å². The van der Waals surface area contributed by atoms with Crippen LogP contribution in [-0.4, -0.2) is 42.3 Å². The van der Waals surface area contributed by atoms with E-state index in [-0.39, 0.29) is 5.78 Å². The number of thioether (sulfide) groups is 1. The summed E-state index contributed by atoms with van der Waals surface area (Å²) in [7, 11) is 2.01. The van der Waals surface area contributed by atoms with Crippen LogP contribution in [0.5, 0.6) is 0 Å². The van der Waals surface area contributed by atoms with Crippen LogP contribution in [0.25, 0.3) is 0 Å². The molecule has 1 aromatic carbocycles. The molecule has 0 N–H and O–H groups in total. The number of halogens is 1. The molecule has 0 aliphatic rings. The summed E-state index contributed by atoms with van der Waals surface area (Å²) >= 11 is 5.24. The van der Waals surface area contributed by atoms with Gasteiger partial charge in [-0.3, -0.25) is 9.69 Å². The third-order valence-electron chi connectivity index (χ3n) is 3.03. The van der Waals surface area contributed by atoms with Crippen molar-refractivity contribution in [2.24, 2.45) is 0 Å². The highest BCUT2D eigenvalue weighted by Crippen LogP contribution is 2.13. The number of hydrogen-bond acceptors (Lipinski definition) is 3. The summed E-state index contributed by atoms with van der Waals surface area (Å²) in [6, 6.07) is 8.01. The lowest BCUT2D eigenvalue weighted by molar-refractivity contribution is 0.0923. The van der Waals surface area contributed by atoms with Crippen molar-refractivity contribution in [3.63, 3.8) is 0 Å². The van der Waals surface area contributed by atoms with E-state index >= 15 is 0 Å². The van der Waals surface area contributed by atoms with E-state index in [0.717, 1.165) is 22.2 Å². The number of benzene rings is 1. The van der Waals surface area contributed by atoms with Gasteiger partial charge in [0.05, 0.1) is 6.54 Å². The van der Waals surface area contributed by atoms with Crippen molar-refractivity contribution in [3.8, 4) is 0 Å². The summed E-state index contributed by atoms with van der Waals surface area (Å²) in [5.74, 6) is 1.31. The first-order valence-electron chi connectivity index (χ1n) is 6.02. The molecule has 1 aromatic rings. The van der Waals surface area contributed by atoms with Crippen LogP contribution in [0.4, 0.5) is 0 Å². The molecule has 0 aliphatic carbocycles. The van der Waals surface area contributed by atoms with Crippen LogP contribution in [0.2, 0.25) is 0 Å². The number of carbonyl (C=O) groups excluding carboxylic acids is 1. The third kappa shape index (κ3) is 5.12. The number of hydrogen-bond donors (Lipinski definition) is 0. The molecule has 1 unspecified atom stereocenters. The second-order valence-corrected chi connectivity index (χ2v) is 6.38. The van der Waals surface area contributed by atoms with Crippen molar-refractivity contribution in [1.29, 1.82) is 0 Å². The predicted octanol–water partition coefficient (Wildman–Crippen LogP) is 3.71. The molecule has 0 radical (unpaired) electrons. The van der Waals surface area contributed by atoms with Crippen LogP contribution in [-0.2, 0) is 0 Å². The van der Waals surface area contributed by atoms with Gasteiger partial charge in [-0.1, -0.05) is 28.1 Å². The molecule has 0 fully saturated rings. The fourth-order valence-corrected chi connectivity index (χ4v) is 2.62. The molecule has 0 spiro atoms. The van der Waals surface area contributed by atoms with E-state index in [4.69, 9.17) is 0 Å². The SMILES string of the molecule is CSCCC(C)N(C)CC(=O)c1cccc(Br)c1. The number of likely N-dealkylation sites (N-methyl/N-ethyl adjacent to an activating group) is 1. The third-order valence-corrected chi connectivity index (χ3v) is 4.17. The van der Waals surface area contributed by atoms with Crippen LogP contribution < -0.4 is 0 Å². The van der Waals surface area contributed by atoms with Gasteiger partial charge in [-0.2, -0.15) is 11.8 Å². The quantitative estimate of drug-likeness (QED) is 0.711. The Labute approximate surface area is 122 Å². The average molecular weight is 330 g/mol. The van der Waals surface area contributed by atoms with Gasteiger partial charge in [-0.05, 0) is 44.5 Å². The van der Waals surface area contributed by atoms with E-state index in [1.165, 1.54) is 0 Å². The Kier molecular flexibility index (Phi) is 6.97. The molecule has 100 valence electrons. The first-order chi connectivity index (χ1) is 8.54. The van der Waals surface area contributed by atoms with Gasteiger partial charge in [0.25, 0.3) is 0 Å². The second-order valence-electron chi connectivity index (χ2n) is 4.48. The molecule has 2 nitrogen and oxygen atoms in total. The zero-order valence-corrected chi connectivity index (χ0v) is 13.6. The minimum Gasteiger partial charge on any atom is -0.296 e. The standard InChI is InChI=1S/C14H20BrNOS/c1-11(7-8-18-3)16(2)10-14(17)12-5-4-6-13(15)9-12/h4-6,9,11H,7-8,10H2,1-3H3. The summed E-state index contributed by atoms with van der Waals surface area (Å²) in [6.45, 7) is 2.65. The van der Waals surface area contributed by atoms with Gasteiger partial charge in [0.2, 0.25) is 0 Å². The maximum absolute atomic E-state index is 12.1. The smallest absolute Gasteiger partial charge is 0.176 e. The zero-order valence-electron chi connectivity index (χ0n) is 11.1. The molecule has 0 saturated heterocycles. The van der Waals surface area contributed by atoms with E-state index < -0.39 is 0 Å². The van der Waals surface area contributed by atoms with E-state index in [1.807, 2.05) is 43.1 Å². The lowest BCUT2D eigenvalue weighted by atomic mass is 10.1. The maximum Gasteiger partial charge on any atom is 0.176 e. The van der Waals surface area contributed by atoms with Gasteiger partial charge in [0.15, 0.2) is 5.78 Å². The first-order valence-corrected chi connectivity index (χ1v) is 8.21. The Morgan fingerprint density at radius 1 is 1.50 bits per heavy atom. The van der Waals surface area contributed by atoms with E-state index in [2.05, 4.69) is 34.0 Å². The van der Waals surface area contributed by atoms with Gasteiger partial charge in [-0.15, -0.1) is 0 Å². The van der Waals surface area contributed by atoms with Crippen LogP contribution in [0.1, 0.15) is 23.7 Å². The second kappa shape index (κ2) is 7.97. The molecule has 18 heavy (non-hydrogen) atoms. The van der Waals surface area contributed by atoms with Gasteiger partial charge in [0.1, 0.15) is 0 Å². The number of nitrogens with zero attached hydrogens (tertiary/aromatic N) is 1. The molecule has 0 heterocycles. The van der Waals surface area contributed by atoms with Crippen molar-refractivity contribution in [1.82, 2.24) is 4.90 Å². The monoisotopic (exact) mass is 329 g/mol. The Hall–Kier alpha value is -0.320. The molecule has 4 heteroatoms. The Morgan fingerprint density at radius 3 is 2.83 bits per heavy atom. The fraction of sp³-hybridized carbons (Fsp3) is 0.500. The topological polar surface area (TPSA) is 20.3 Å². The molecular formula is C14H20BrNOS. The molecule has 0 saturated carbocycles. The first kappa shape index (κ1) is 15.7. The highest BCUT2D eigenvalue weighted by molar-refractivity contribution is 9.10. The highest BCUT2D eigenvalue weighted by atomic mass is 79.9. The lowest BCUT2D eigenvalue weighted by Crippen LogP contribution is -2.34. The number of ketones is 1. The summed E-state index contributed by atoms with van der Waals surface area (Å²) in [5.41, 5.74) is 0.772. The molecule has 1 rings (SSSR count). The molecule has 1 atom stereocenters. The zero-order chi connectivity index (χ0) is 13.5. The molecule has 0 amide bonds. The Balaban J connectivity index is 2.54. The largest absolute Gasteiger partial charge is 0.296 e. The van der Waals surface area contributed by atoms with E-state index in [1.54, 1.807) is 0 Å². The van der Waals surface area contributed by atoms with Gasteiger partial charge >= 0.3 is 0 Å². The molecule has 0 aromatic heterocycles. The van der Waals surface area contributed by atoms with Crippen molar-refractivity contribution < 1.29 is 4.79 Å². The van der Waals surface area contributed by atoms with Crippen LogP contribution in [0.3, 0.4) is 0 Å². The van der Waals surface area contributed by atoms with Crippen LogP contribution in [0, 0.1) is 0 Å². The summed E-state index contributed by atoms with van der Waals surface area (Å²) < 4.78 is 0.950. The van der Waals surface area contributed by atoms with E-state index in [0.29, 0.717) is 12.6 Å². The summed E-state index contributed by atoms with van der Waals surface area (Å²) in [4.78, 5) is 14.2. The van der Waals surface area contributed by atoms with Crippen LogP contribution in [0.15, 0.2) is 28.7 Å². The Morgan fingerprint density at radius 2 is 2.22 bits per heavy atom. The average Bonchev–Trinajstić information content (AvgIpc) is 2.35. The van der Waals surface area contributed by atoms with Crippen molar-refractivity contribution in [2.75, 3.05) is 25.6 Å². The minimum absolute atomic E-state index is 0.176. The molecule has 0 bridgehead atoms. The van der Waals surface area contributed by atoms with Crippen molar-refractivity contribution in [3.05, 3.63) is 34.3 Å². The number of Topliss-reactive ketones (excluding diaryl/α,β-unsaturated/α-hetero) is 1.